The van der Waals surface area contributed by atoms with E-state index >= 15 is 0 Å². The summed E-state index contributed by atoms with van der Waals surface area (Å²) in [5, 5.41) is 21.8. The van der Waals surface area contributed by atoms with Crippen LogP contribution in [0.3, 0.4) is 0 Å². The molecule has 4 rings (SSSR count). The van der Waals surface area contributed by atoms with Gasteiger partial charge in [0.1, 0.15) is 6.54 Å². The summed E-state index contributed by atoms with van der Waals surface area (Å²) in [5.74, 6) is 0. The summed E-state index contributed by atoms with van der Waals surface area (Å²) in [6.45, 7) is 4.61. The van der Waals surface area contributed by atoms with Crippen LogP contribution in [0.25, 0.3) is 10.9 Å². The van der Waals surface area contributed by atoms with Crippen molar-refractivity contribution in [3.8, 4) is 0 Å². The second-order valence-electron chi connectivity index (χ2n) is 7.05. The van der Waals surface area contributed by atoms with Gasteiger partial charge in [-0.1, -0.05) is 30.0 Å². The molecule has 1 aliphatic heterocycles. The Morgan fingerprint density at radius 1 is 1.14 bits per heavy atom. The number of benzene rings is 2. The molecule has 7 nitrogen and oxygen atoms in total. The van der Waals surface area contributed by atoms with Crippen LogP contribution in [0.15, 0.2) is 64.5 Å². The summed E-state index contributed by atoms with van der Waals surface area (Å²) in [5.41, 5.74) is 1.95. The fourth-order valence-electron chi connectivity index (χ4n) is 3.70. The number of piperazine rings is 1. The second-order valence-corrected chi connectivity index (χ2v) is 8.14. The smallest absolute Gasteiger partial charge is 0.283 e. The number of nitrogens with zero attached hydrogens (tertiary/aromatic N) is 3. The average Bonchev–Trinajstić information content (AvgIpc) is 2.74. The lowest BCUT2D eigenvalue weighted by Crippen LogP contribution is -3.15. The molecule has 0 spiro atoms. The highest BCUT2D eigenvalue weighted by atomic mass is 32.2. The molecule has 0 radical (unpaired) electrons. The quantitative estimate of drug-likeness (QED) is 0.477. The number of hydrogen-bond donors (Lipinski definition) is 2. The maximum Gasteiger partial charge on any atom is 0.283 e. The second kappa shape index (κ2) is 8.77. The molecule has 1 fully saturated rings. The Hall–Kier alpha value is -2.68. The number of aromatic nitrogens is 1. The molecule has 0 bridgehead atoms. The molecule has 1 aliphatic rings. The number of nitro benzene ring substituents is 1. The highest BCUT2D eigenvalue weighted by Gasteiger charge is 2.23. The minimum absolute atomic E-state index is 0.108. The number of nitro groups is 1. The molecule has 1 aromatic heterocycles. The van der Waals surface area contributed by atoms with Crippen LogP contribution >= 0.6 is 11.8 Å². The summed E-state index contributed by atoms with van der Waals surface area (Å²) < 4.78 is 0. The van der Waals surface area contributed by atoms with Crippen LogP contribution in [-0.2, 0) is 0 Å². The number of quaternary nitrogens is 1. The molecule has 2 heterocycles. The van der Waals surface area contributed by atoms with Crippen molar-refractivity contribution < 1.29 is 14.9 Å². The fourth-order valence-corrected chi connectivity index (χ4v) is 4.78. The standard InChI is InChI=1S/C21H22N4O3S/c26-14-13-23-9-11-24(12-10-23)17-6-7-18(25(27)28)20(15-17)29-19-5-1-3-16-4-2-8-22-21(16)19/h1-8,15,26H,9-14H2/p+1. The fraction of sp³-hybridized carbons (Fsp3) is 0.286. The third-order valence-electron chi connectivity index (χ3n) is 5.26. The number of aliphatic hydroxyl groups excluding tert-OH is 1. The largest absolute Gasteiger partial charge is 0.391 e. The number of rotatable bonds is 6. The van der Waals surface area contributed by atoms with Crippen LogP contribution < -0.4 is 9.80 Å². The Kier molecular flexibility index (Phi) is 5.94. The van der Waals surface area contributed by atoms with Crippen molar-refractivity contribution in [2.75, 3.05) is 44.2 Å². The highest BCUT2D eigenvalue weighted by molar-refractivity contribution is 7.99. The molecule has 2 aromatic carbocycles. The topological polar surface area (TPSA) is 83.9 Å². The van der Waals surface area contributed by atoms with Crippen LogP contribution in [0.1, 0.15) is 0 Å². The van der Waals surface area contributed by atoms with E-state index in [0.29, 0.717) is 4.90 Å². The molecule has 3 aromatic rings. The van der Waals surface area contributed by atoms with Gasteiger partial charge in [0.25, 0.3) is 5.69 Å². The average molecular weight is 412 g/mol. The van der Waals surface area contributed by atoms with Crippen LogP contribution in [0, 0.1) is 10.1 Å². The number of pyridine rings is 1. The van der Waals surface area contributed by atoms with Crippen molar-refractivity contribution >= 4 is 34.0 Å². The highest BCUT2D eigenvalue weighted by Crippen LogP contribution is 2.39. The number of nitrogens with one attached hydrogen (secondary N) is 1. The minimum Gasteiger partial charge on any atom is -0.391 e. The van der Waals surface area contributed by atoms with Gasteiger partial charge in [-0.3, -0.25) is 15.1 Å². The monoisotopic (exact) mass is 411 g/mol. The van der Waals surface area contributed by atoms with Gasteiger partial charge in [0.15, 0.2) is 0 Å². The van der Waals surface area contributed by atoms with Crippen LogP contribution in [0.2, 0.25) is 0 Å². The predicted molar refractivity (Wildman–Crippen MR) is 114 cm³/mol. The first kappa shape index (κ1) is 19.6. The molecule has 150 valence electrons. The SMILES string of the molecule is O=[N+]([O-])c1ccc(N2CC[NH+](CCO)CC2)cc1Sc1cccc2cccnc12. The Balaban J connectivity index is 1.63. The van der Waals surface area contributed by atoms with Crippen LogP contribution in [0.4, 0.5) is 11.4 Å². The number of para-hydroxylation sites is 1. The van der Waals surface area contributed by atoms with Crippen molar-refractivity contribution in [1.82, 2.24) is 4.98 Å². The van der Waals surface area contributed by atoms with Crippen molar-refractivity contribution in [2.45, 2.75) is 9.79 Å². The minimum atomic E-state index is -0.325. The summed E-state index contributed by atoms with van der Waals surface area (Å²) >= 11 is 1.39. The van der Waals surface area contributed by atoms with Gasteiger partial charge in [-0.2, -0.15) is 0 Å². The molecule has 8 heteroatoms. The number of hydrogen-bond acceptors (Lipinski definition) is 6. The van der Waals surface area contributed by atoms with Gasteiger partial charge in [-0.05, 0) is 24.3 Å². The third kappa shape index (κ3) is 4.34. The van der Waals surface area contributed by atoms with E-state index in [-0.39, 0.29) is 17.2 Å². The van der Waals surface area contributed by atoms with E-state index < -0.39 is 0 Å². The van der Waals surface area contributed by atoms with Crippen molar-refractivity contribution in [2.24, 2.45) is 0 Å². The molecule has 1 saturated heterocycles. The lowest BCUT2D eigenvalue weighted by Gasteiger charge is -2.33. The molecule has 0 saturated carbocycles. The molecule has 0 amide bonds. The van der Waals surface area contributed by atoms with E-state index in [9.17, 15) is 10.1 Å². The van der Waals surface area contributed by atoms with Gasteiger partial charge in [0.2, 0.25) is 0 Å². The Morgan fingerprint density at radius 2 is 1.93 bits per heavy atom. The van der Waals surface area contributed by atoms with Gasteiger partial charge in [-0.15, -0.1) is 0 Å². The molecule has 2 N–H and O–H groups in total. The van der Waals surface area contributed by atoms with Gasteiger partial charge >= 0.3 is 0 Å². The lowest BCUT2D eigenvalue weighted by atomic mass is 10.2. The Labute approximate surface area is 173 Å². The van der Waals surface area contributed by atoms with Crippen molar-refractivity contribution in [3.63, 3.8) is 0 Å². The van der Waals surface area contributed by atoms with Crippen LogP contribution in [-0.4, -0.2) is 54.3 Å². The zero-order valence-corrected chi connectivity index (χ0v) is 16.8. The van der Waals surface area contributed by atoms with Gasteiger partial charge in [-0.25, -0.2) is 0 Å². The molecule has 29 heavy (non-hydrogen) atoms. The first-order chi connectivity index (χ1) is 14.2. The Bertz CT molecular complexity index is 1020. The summed E-state index contributed by atoms with van der Waals surface area (Å²) in [6.07, 6.45) is 1.74. The van der Waals surface area contributed by atoms with Gasteiger partial charge in [0, 0.05) is 28.2 Å². The van der Waals surface area contributed by atoms with Gasteiger partial charge in [0.05, 0.1) is 48.1 Å². The molecule has 0 atom stereocenters. The van der Waals surface area contributed by atoms with E-state index in [4.69, 9.17) is 5.11 Å². The number of anilines is 1. The first-order valence-corrected chi connectivity index (χ1v) is 10.5. The lowest BCUT2D eigenvalue weighted by molar-refractivity contribution is -0.900. The first-order valence-electron chi connectivity index (χ1n) is 9.65. The summed E-state index contributed by atoms with van der Waals surface area (Å²) in [4.78, 5) is 20.9. The van der Waals surface area contributed by atoms with E-state index in [0.717, 1.165) is 54.2 Å². The van der Waals surface area contributed by atoms with Crippen molar-refractivity contribution in [1.29, 1.82) is 0 Å². The van der Waals surface area contributed by atoms with Gasteiger partial charge < -0.3 is 14.9 Å². The maximum atomic E-state index is 11.6. The summed E-state index contributed by atoms with van der Waals surface area (Å²) in [6, 6.07) is 15.1. The molecular weight excluding hydrogens is 388 g/mol. The van der Waals surface area contributed by atoms with E-state index in [1.165, 1.54) is 16.7 Å². The zero-order valence-electron chi connectivity index (χ0n) is 16.0. The Morgan fingerprint density at radius 3 is 2.69 bits per heavy atom. The number of aliphatic hydroxyl groups is 1. The molecular formula is C21H23N4O3S+. The predicted octanol–water partition coefficient (Wildman–Crippen LogP) is 1.99. The van der Waals surface area contributed by atoms with Crippen LogP contribution in [0.5, 0.6) is 0 Å². The maximum absolute atomic E-state index is 11.6. The van der Waals surface area contributed by atoms with Crippen molar-refractivity contribution in [3.05, 3.63) is 64.8 Å². The third-order valence-corrected chi connectivity index (χ3v) is 6.35. The molecule has 0 aliphatic carbocycles. The van der Waals surface area contributed by atoms with E-state index in [2.05, 4.69) is 9.88 Å². The molecule has 0 unspecified atom stereocenters. The normalized spacial score (nSPS) is 15.0. The summed E-state index contributed by atoms with van der Waals surface area (Å²) in [7, 11) is 0. The number of fused-ring (bicyclic) bond motifs is 1. The van der Waals surface area contributed by atoms with E-state index in [1.54, 1.807) is 12.3 Å². The zero-order chi connectivity index (χ0) is 20.2. The van der Waals surface area contributed by atoms with E-state index in [1.807, 2.05) is 42.5 Å².